The van der Waals surface area contributed by atoms with Crippen molar-refractivity contribution in [2.75, 3.05) is 19.3 Å². The highest BCUT2D eigenvalue weighted by Crippen LogP contribution is 2.19. The third-order valence-electron chi connectivity index (χ3n) is 3.78. The van der Waals surface area contributed by atoms with Gasteiger partial charge in [-0.2, -0.15) is 0 Å². The molecular weight excluding hydrogens is 298 g/mol. The normalized spacial score (nSPS) is 28.0. The first-order valence-corrected chi connectivity index (χ1v) is 8.71. The minimum atomic E-state index is -3.31. The number of amides is 3. The van der Waals surface area contributed by atoms with Crippen LogP contribution in [0, 0.1) is 5.92 Å². The second kappa shape index (κ2) is 6.10. The zero-order valence-electron chi connectivity index (χ0n) is 11.8. The van der Waals surface area contributed by atoms with Crippen molar-refractivity contribution in [2.45, 2.75) is 31.7 Å². The van der Waals surface area contributed by atoms with Gasteiger partial charge >= 0.3 is 0 Å². The van der Waals surface area contributed by atoms with Crippen molar-refractivity contribution < 1.29 is 22.8 Å². The van der Waals surface area contributed by atoms with Gasteiger partial charge in [0.2, 0.25) is 27.7 Å². The maximum Gasteiger partial charge on any atom is 0.249 e. The summed E-state index contributed by atoms with van der Waals surface area (Å²) in [4.78, 5) is 34.8. The minimum absolute atomic E-state index is 0.137. The number of nitrogens with zero attached hydrogens (tertiary/aromatic N) is 1. The van der Waals surface area contributed by atoms with Gasteiger partial charge in [0.25, 0.3) is 0 Å². The molecule has 0 bridgehead atoms. The fraction of sp³-hybridized carbons (Fsp3) is 0.750. The lowest BCUT2D eigenvalue weighted by atomic mass is 9.97. The molecule has 3 amide bonds. The summed E-state index contributed by atoms with van der Waals surface area (Å²) < 4.78 is 24.3. The van der Waals surface area contributed by atoms with E-state index in [9.17, 15) is 22.8 Å². The first kappa shape index (κ1) is 15.9. The van der Waals surface area contributed by atoms with E-state index in [1.165, 1.54) is 4.31 Å². The van der Waals surface area contributed by atoms with Crippen LogP contribution in [0.25, 0.3) is 0 Å². The van der Waals surface area contributed by atoms with E-state index in [1.807, 2.05) is 0 Å². The van der Waals surface area contributed by atoms with Crippen molar-refractivity contribution in [1.82, 2.24) is 14.9 Å². The van der Waals surface area contributed by atoms with Gasteiger partial charge < -0.3 is 5.32 Å². The van der Waals surface area contributed by atoms with Crippen molar-refractivity contribution in [2.24, 2.45) is 5.92 Å². The quantitative estimate of drug-likeness (QED) is 0.620. The lowest BCUT2D eigenvalue weighted by Crippen LogP contribution is -2.55. The SMILES string of the molecule is CS(=O)(=O)N1CCCC(C(=O)NC2CCC(=O)NC2=O)C1. The Labute approximate surface area is 123 Å². The predicted molar refractivity (Wildman–Crippen MR) is 73.5 cm³/mol. The number of carbonyl (C=O) groups excluding carboxylic acids is 3. The molecule has 2 aliphatic rings. The summed E-state index contributed by atoms with van der Waals surface area (Å²) in [6, 6.07) is -0.719. The lowest BCUT2D eigenvalue weighted by Gasteiger charge is -2.31. The van der Waals surface area contributed by atoms with Gasteiger partial charge in [-0.05, 0) is 19.3 Å². The largest absolute Gasteiger partial charge is 0.344 e. The van der Waals surface area contributed by atoms with Crippen LogP contribution in [0.2, 0.25) is 0 Å². The Kier molecular flexibility index (Phi) is 4.62. The number of piperidine rings is 2. The van der Waals surface area contributed by atoms with Crippen molar-refractivity contribution in [3.63, 3.8) is 0 Å². The molecule has 0 radical (unpaired) electrons. The van der Waals surface area contributed by atoms with Crippen LogP contribution in [0.5, 0.6) is 0 Å². The van der Waals surface area contributed by atoms with Crippen LogP contribution in [-0.2, 0) is 24.4 Å². The van der Waals surface area contributed by atoms with Crippen LogP contribution in [0.15, 0.2) is 0 Å². The molecule has 9 heteroatoms. The van der Waals surface area contributed by atoms with E-state index in [0.717, 1.165) is 6.26 Å². The van der Waals surface area contributed by atoms with Gasteiger partial charge in [0, 0.05) is 19.5 Å². The Morgan fingerprint density at radius 2 is 2.05 bits per heavy atom. The summed E-state index contributed by atoms with van der Waals surface area (Å²) in [6.07, 6.45) is 2.79. The summed E-state index contributed by atoms with van der Waals surface area (Å²) in [5, 5.41) is 4.78. The van der Waals surface area contributed by atoms with Gasteiger partial charge in [-0.1, -0.05) is 0 Å². The third kappa shape index (κ3) is 4.01. The van der Waals surface area contributed by atoms with Gasteiger partial charge in [-0.15, -0.1) is 0 Å². The molecule has 2 unspecified atom stereocenters. The van der Waals surface area contributed by atoms with Crippen LogP contribution in [-0.4, -0.2) is 55.8 Å². The highest BCUT2D eigenvalue weighted by Gasteiger charge is 2.33. The molecule has 8 nitrogen and oxygen atoms in total. The first-order valence-electron chi connectivity index (χ1n) is 6.86. The fourth-order valence-electron chi connectivity index (χ4n) is 2.58. The monoisotopic (exact) mass is 317 g/mol. The molecule has 2 fully saturated rings. The van der Waals surface area contributed by atoms with E-state index < -0.39 is 27.9 Å². The van der Waals surface area contributed by atoms with Crippen LogP contribution in [0.4, 0.5) is 0 Å². The molecule has 0 spiro atoms. The molecule has 0 aromatic heterocycles. The smallest absolute Gasteiger partial charge is 0.249 e. The lowest BCUT2D eigenvalue weighted by molar-refractivity contribution is -0.138. The second-order valence-electron chi connectivity index (χ2n) is 5.47. The van der Waals surface area contributed by atoms with Crippen LogP contribution >= 0.6 is 0 Å². The molecule has 118 valence electrons. The summed E-state index contributed by atoms with van der Waals surface area (Å²) in [5.74, 6) is -1.64. The van der Waals surface area contributed by atoms with Gasteiger partial charge in [0.1, 0.15) is 6.04 Å². The van der Waals surface area contributed by atoms with Crippen LogP contribution < -0.4 is 10.6 Å². The average Bonchev–Trinajstić information content (AvgIpc) is 2.41. The maximum absolute atomic E-state index is 12.2. The number of hydrogen-bond donors (Lipinski definition) is 2. The van der Waals surface area contributed by atoms with Crippen molar-refractivity contribution in [3.8, 4) is 0 Å². The number of hydrogen-bond acceptors (Lipinski definition) is 5. The number of sulfonamides is 1. The Morgan fingerprint density at radius 1 is 1.33 bits per heavy atom. The minimum Gasteiger partial charge on any atom is -0.344 e. The zero-order chi connectivity index (χ0) is 15.6. The predicted octanol–water partition coefficient (Wildman–Crippen LogP) is -1.42. The molecule has 21 heavy (non-hydrogen) atoms. The summed E-state index contributed by atoms with van der Waals surface area (Å²) in [5.41, 5.74) is 0. The topological polar surface area (TPSA) is 113 Å². The highest BCUT2D eigenvalue weighted by molar-refractivity contribution is 7.88. The average molecular weight is 317 g/mol. The molecule has 2 N–H and O–H groups in total. The zero-order valence-corrected chi connectivity index (χ0v) is 12.6. The van der Waals surface area contributed by atoms with Crippen molar-refractivity contribution in [3.05, 3.63) is 0 Å². The van der Waals surface area contributed by atoms with E-state index in [2.05, 4.69) is 10.6 Å². The number of nitrogens with one attached hydrogen (secondary N) is 2. The third-order valence-corrected chi connectivity index (χ3v) is 5.05. The summed E-state index contributed by atoms with van der Waals surface area (Å²) >= 11 is 0. The van der Waals surface area contributed by atoms with Gasteiger partial charge in [-0.3, -0.25) is 19.7 Å². The van der Waals surface area contributed by atoms with Crippen LogP contribution in [0.1, 0.15) is 25.7 Å². The van der Waals surface area contributed by atoms with Crippen molar-refractivity contribution >= 4 is 27.7 Å². The maximum atomic E-state index is 12.2. The standard InChI is InChI=1S/C12H19N3O5S/c1-21(19,20)15-6-2-3-8(7-15)11(17)13-9-4-5-10(16)14-12(9)18/h8-9H,2-7H2,1H3,(H,13,17)(H,14,16,18). The Balaban J connectivity index is 1.94. The molecule has 0 aromatic rings. The first-order chi connectivity index (χ1) is 9.77. The molecule has 0 aliphatic carbocycles. The van der Waals surface area contributed by atoms with Gasteiger partial charge in [0.15, 0.2) is 0 Å². The molecular formula is C12H19N3O5S. The van der Waals surface area contributed by atoms with E-state index >= 15 is 0 Å². The Hall–Kier alpha value is -1.48. The van der Waals surface area contributed by atoms with E-state index in [-0.39, 0.29) is 31.2 Å². The van der Waals surface area contributed by atoms with E-state index in [0.29, 0.717) is 19.4 Å². The summed E-state index contributed by atoms with van der Waals surface area (Å²) in [7, 11) is -3.31. The molecule has 0 aromatic carbocycles. The second-order valence-corrected chi connectivity index (χ2v) is 7.45. The molecule has 2 heterocycles. The Morgan fingerprint density at radius 3 is 2.67 bits per heavy atom. The molecule has 2 rings (SSSR count). The number of carbonyl (C=O) groups is 3. The molecule has 0 saturated carbocycles. The number of rotatable bonds is 3. The van der Waals surface area contributed by atoms with Gasteiger partial charge in [-0.25, -0.2) is 12.7 Å². The van der Waals surface area contributed by atoms with E-state index in [1.54, 1.807) is 0 Å². The number of imide groups is 1. The molecule has 2 atom stereocenters. The fourth-order valence-corrected chi connectivity index (χ4v) is 3.49. The molecule has 2 aliphatic heterocycles. The van der Waals surface area contributed by atoms with Crippen LogP contribution in [0.3, 0.4) is 0 Å². The molecule has 2 saturated heterocycles. The van der Waals surface area contributed by atoms with Crippen molar-refractivity contribution in [1.29, 1.82) is 0 Å². The van der Waals surface area contributed by atoms with E-state index in [4.69, 9.17) is 0 Å². The summed E-state index contributed by atoms with van der Waals surface area (Å²) in [6.45, 7) is 0.555. The Bertz CT molecular complexity index is 559. The van der Waals surface area contributed by atoms with Gasteiger partial charge in [0.05, 0.1) is 12.2 Å². The highest BCUT2D eigenvalue weighted by atomic mass is 32.2.